The summed E-state index contributed by atoms with van der Waals surface area (Å²) in [6.07, 6.45) is 11.7. The predicted octanol–water partition coefficient (Wildman–Crippen LogP) is 5.85. The van der Waals surface area contributed by atoms with E-state index in [4.69, 9.17) is 0 Å². The maximum atomic E-state index is 13.2. The van der Waals surface area contributed by atoms with Gasteiger partial charge < -0.3 is 10.2 Å². The minimum absolute atomic E-state index is 0.0221. The van der Waals surface area contributed by atoms with Crippen LogP contribution >= 0.6 is 15.9 Å². The average molecular weight is 447 g/mol. The fourth-order valence-electron chi connectivity index (χ4n) is 5.74. The fraction of sp³-hybridized carbons (Fsp3) is 0.320. The van der Waals surface area contributed by atoms with Crippen LogP contribution in [-0.2, 0) is 0 Å². The molecule has 2 aliphatic carbocycles. The quantitative estimate of drug-likeness (QED) is 0.586. The molecule has 2 aromatic carbocycles. The van der Waals surface area contributed by atoms with Crippen molar-refractivity contribution < 1.29 is 4.79 Å². The van der Waals surface area contributed by atoms with E-state index in [0.29, 0.717) is 23.7 Å². The third-order valence-corrected chi connectivity index (χ3v) is 7.59. The molecular weight excluding hydrogens is 424 g/mol. The standard InChI is InChI=1S/C25H23BrN2O/c26-18-7-9-19(10-8-18)27-25(29)17-11-22-20-5-1-3-15(20)13-28-14-16-4-2-6-21(16)23(12-17)24(22)28/h1-2,5-12,15-16,20-21H,3-4,13-14H2,(H,27,29)/t15-,16-,20+,21+/m1/s1. The maximum Gasteiger partial charge on any atom is 0.255 e. The SMILES string of the molecule is O=C(Nc1ccc(Br)cc1)c1cc2c3c(c1)[C@H]1C=CC[C@@H]1CN3C[C@H]1CC=C[C@H]21. The van der Waals surface area contributed by atoms with Crippen LogP contribution in [0.1, 0.15) is 46.2 Å². The van der Waals surface area contributed by atoms with Gasteiger partial charge in [-0.05, 0) is 72.2 Å². The number of benzene rings is 2. The van der Waals surface area contributed by atoms with E-state index in [2.05, 4.69) is 62.6 Å². The first-order valence-corrected chi connectivity index (χ1v) is 11.3. The summed E-state index contributed by atoms with van der Waals surface area (Å²) in [5.41, 5.74) is 5.72. The van der Waals surface area contributed by atoms with Crippen LogP contribution in [0.5, 0.6) is 0 Å². The van der Waals surface area contributed by atoms with E-state index in [1.807, 2.05) is 24.3 Å². The number of nitrogens with zero attached hydrogens (tertiary/aromatic N) is 1. The molecule has 3 nitrogen and oxygen atoms in total. The zero-order valence-corrected chi connectivity index (χ0v) is 17.7. The van der Waals surface area contributed by atoms with E-state index >= 15 is 0 Å². The number of carbonyl (C=O) groups excluding carboxylic acids is 1. The highest BCUT2D eigenvalue weighted by atomic mass is 79.9. The topological polar surface area (TPSA) is 32.3 Å². The maximum absolute atomic E-state index is 13.2. The lowest BCUT2D eigenvalue weighted by Gasteiger charge is -2.46. The number of fused-ring (bicyclic) bond motifs is 4. The highest BCUT2D eigenvalue weighted by Crippen LogP contribution is 2.53. The molecular formula is C25H23BrN2O. The lowest BCUT2D eigenvalue weighted by molar-refractivity contribution is 0.102. The molecule has 29 heavy (non-hydrogen) atoms. The predicted molar refractivity (Wildman–Crippen MR) is 121 cm³/mol. The minimum Gasteiger partial charge on any atom is -0.370 e. The Hall–Kier alpha value is -2.33. The Labute approximate surface area is 179 Å². The third-order valence-electron chi connectivity index (χ3n) is 7.06. The number of rotatable bonds is 2. The van der Waals surface area contributed by atoms with Crippen molar-refractivity contribution in [3.05, 3.63) is 81.9 Å². The van der Waals surface area contributed by atoms with Crippen molar-refractivity contribution in [1.29, 1.82) is 0 Å². The molecule has 2 aromatic rings. The Morgan fingerprint density at radius 2 is 1.52 bits per heavy atom. The highest BCUT2D eigenvalue weighted by Gasteiger charge is 2.42. The molecule has 6 rings (SSSR count). The van der Waals surface area contributed by atoms with Crippen LogP contribution in [0.2, 0.25) is 0 Å². The summed E-state index contributed by atoms with van der Waals surface area (Å²) < 4.78 is 1.01. The van der Waals surface area contributed by atoms with Gasteiger partial charge in [0.25, 0.3) is 5.91 Å². The molecule has 0 bridgehead atoms. The number of allylic oxidation sites excluding steroid dienone is 4. The fourth-order valence-corrected chi connectivity index (χ4v) is 6.01. The lowest BCUT2D eigenvalue weighted by Crippen LogP contribution is -2.43. The van der Waals surface area contributed by atoms with Crippen LogP contribution in [0.4, 0.5) is 11.4 Å². The van der Waals surface area contributed by atoms with Gasteiger partial charge in [-0.25, -0.2) is 0 Å². The van der Waals surface area contributed by atoms with Gasteiger partial charge in [0, 0.05) is 46.3 Å². The third kappa shape index (κ3) is 2.80. The molecule has 0 saturated heterocycles. The Balaban J connectivity index is 1.44. The monoisotopic (exact) mass is 446 g/mol. The Morgan fingerprint density at radius 3 is 2.10 bits per heavy atom. The molecule has 4 heteroatoms. The van der Waals surface area contributed by atoms with Gasteiger partial charge in [0.2, 0.25) is 0 Å². The van der Waals surface area contributed by atoms with Crippen LogP contribution in [-0.4, -0.2) is 19.0 Å². The van der Waals surface area contributed by atoms with E-state index in [-0.39, 0.29) is 5.91 Å². The first-order chi connectivity index (χ1) is 14.2. The first-order valence-electron chi connectivity index (χ1n) is 10.5. The van der Waals surface area contributed by atoms with Crippen LogP contribution in [0.15, 0.2) is 65.2 Å². The molecule has 0 saturated carbocycles. The number of anilines is 2. The number of amides is 1. The molecule has 0 unspecified atom stereocenters. The molecule has 2 aliphatic heterocycles. The van der Waals surface area contributed by atoms with Crippen molar-refractivity contribution in [1.82, 2.24) is 0 Å². The minimum atomic E-state index is -0.0221. The van der Waals surface area contributed by atoms with Gasteiger partial charge in [-0.2, -0.15) is 0 Å². The highest BCUT2D eigenvalue weighted by molar-refractivity contribution is 9.10. The van der Waals surface area contributed by atoms with Crippen molar-refractivity contribution >= 4 is 33.2 Å². The average Bonchev–Trinajstić information content (AvgIpc) is 3.39. The lowest BCUT2D eigenvalue weighted by atomic mass is 9.74. The van der Waals surface area contributed by atoms with E-state index < -0.39 is 0 Å². The van der Waals surface area contributed by atoms with Crippen molar-refractivity contribution in [2.45, 2.75) is 24.7 Å². The molecule has 1 N–H and O–H groups in total. The molecule has 4 atom stereocenters. The van der Waals surface area contributed by atoms with Crippen LogP contribution < -0.4 is 10.2 Å². The Bertz CT molecular complexity index is 1000. The van der Waals surface area contributed by atoms with Gasteiger partial charge >= 0.3 is 0 Å². The largest absolute Gasteiger partial charge is 0.370 e. The molecule has 4 aliphatic rings. The summed E-state index contributed by atoms with van der Waals surface area (Å²) in [7, 11) is 0. The second-order valence-electron chi connectivity index (χ2n) is 8.77. The number of carbonyl (C=O) groups is 1. The normalized spacial score (nSPS) is 28.1. The number of nitrogens with one attached hydrogen (secondary N) is 1. The summed E-state index contributed by atoms with van der Waals surface area (Å²) in [6.45, 7) is 2.29. The molecule has 1 amide bonds. The second-order valence-corrected chi connectivity index (χ2v) is 9.68. The van der Waals surface area contributed by atoms with Gasteiger partial charge in [-0.3, -0.25) is 4.79 Å². The summed E-state index contributed by atoms with van der Waals surface area (Å²) in [6, 6.07) is 12.1. The zero-order chi connectivity index (χ0) is 19.5. The second kappa shape index (κ2) is 6.60. The number of hydrogen-bond donors (Lipinski definition) is 1. The number of hydrogen-bond acceptors (Lipinski definition) is 2. The van der Waals surface area contributed by atoms with Gasteiger partial charge in [0.1, 0.15) is 0 Å². The Kier molecular flexibility index (Phi) is 3.98. The summed E-state index contributed by atoms with van der Waals surface area (Å²) in [5.74, 6) is 2.16. The van der Waals surface area contributed by atoms with Gasteiger partial charge in [0.05, 0.1) is 0 Å². The van der Waals surface area contributed by atoms with E-state index in [0.717, 1.165) is 41.7 Å². The summed E-state index contributed by atoms with van der Waals surface area (Å²) >= 11 is 3.45. The zero-order valence-electron chi connectivity index (χ0n) is 16.1. The van der Waals surface area contributed by atoms with E-state index in [1.165, 1.54) is 16.8 Å². The summed E-state index contributed by atoms with van der Waals surface area (Å²) in [5, 5.41) is 3.08. The van der Waals surface area contributed by atoms with E-state index in [9.17, 15) is 4.79 Å². The molecule has 146 valence electrons. The first kappa shape index (κ1) is 17.5. The van der Waals surface area contributed by atoms with Crippen LogP contribution in [0.25, 0.3) is 0 Å². The van der Waals surface area contributed by atoms with E-state index in [1.54, 1.807) is 0 Å². The van der Waals surface area contributed by atoms with Crippen molar-refractivity contribution in [3.63, 3.8) is 0 Å². The number of halogens is 1. The van der Waals surface area contributed by atoms with Crippen molar-refractivity contribution in [2.24, 2.45) is 11.8 Å². The van der Waals surface area contributed by atoms with Crippen molar-refractivity contribution in [3.8, 4) is 0 Å². The summed E-state index contributed by atoms with van der Waals surface area (Å²) in [4.78, 5) is 15.8. The molecule has 0 fully saturated rings. The molecule has 0 aromatic heterocycles. The van der Waals surface area contributed by atoms with Crippen LogP contribution in [0, 0.1) is 11.8 Å². The molecule has 0 spiro atoms. The van der Waals surface area contributed by atoms with Gasteiger partial charge in [-0.1, -0.05) is 40.2 Å². The molecule has 2 heterocycles. The van der Waals surface area contributed by atoms with Gasteiger partial charge in [0.15, 0.2) is 0 Å². The van der Waals surface area contributed by atoms with Crippen LogP contribution in [0.3, 0.4) is 0 Å². The van der Waals surface area contributed by atoms with Crippen molar-refractivity contribution in [2.75, 3.05) is 23.3 Å². The smallest absolute Gasteiger partial charge is 0.255 e. The van der Waals surface area contributed by atoms with Gasteiger partial charge in [-0.15, -0.1) is 0 Å². The molecule has 0 radical (unpaired) electrons. The Morgan fingerprint density at radius 1 is 0.931 bits per heavy atom.